The molecule has 0 amide bonds. The van der Waals surface area contributed by atoms with E-state index in [0.717, 1.165) is 13.2 Å². The maximum Gasteiger partial charge on any atom is 0.126 e. The number of piperidine rings is 1. The normalized spacial score (nSPS) is 19.9. The second-order valence-corrected chi connectivity index (χ2v) is 4.44. The fourth-order valence-corrected chi connectivity index (χ4v) is 2.13. The molecule has 0 radical (unpaired) electrons. The van der Waals surface area contributed by atoms with Crippen molar-refractivity contribution in [3.63, 3.8) is 0 Å². The summed E-state index contributed by atoms with van der Waals surface area (Å²) in [6.45, 7) is 7.58. The summed E-state index contributed by atoms with van der Waals surface area (Å²) in [5.74, 6) is 0. The maximum atomic E-state index is 9.77. The summed E-state index contributed by atoms with van der Waals surface area (Å²) in [4.78, 5) is 1.52. The van der Waals surface area contributed by atoms with Gasteiger partial charge in [0.2, 0.25) is 0 Å². The zero-order valence-electron chi connectivity index (χ0n) is 10.4. The average molecular weight is 232 g/mol. The second-order valence-electron chi connectivity index (χ2n) is 4.44. The molecule has 1 saturated heterocycles. The molecule has 1 atom stereocenters. The Labute approximate surface area is 98.5 Å². The molecule has 1 fully saturated rings. The topological polar surface area (TPSA) is 43.1 Å². The molecule has 0 saturated carbocycles. The Morgan fingerprint density at radius 2 is 1.81 bits per heavy atom. The highest BCUT2D eigenvalue weighted by atomic mass is 16.5. The summed E-state index contributed by atoms with van der Waals surface area (Å²) in [5, 5.41) is 9.77. The zero-order chi connectivity index (χ0) is 11.6. The number of ether oxygens (including phenoxy) is 2. The van der Waals surface area contributed by atoms with E-state index in [9.17, 15) is 5.11 Å². The number of hydrogen-bond acceptors (Lipinski definition) is 3. The van der Waals surface area contributed by atoms with Crippen molar-refractivity contribution in [3.05, 3.63) is 0 Å². The molecule has 0 aliphatic carbocycles. The molecule has 1 heterocycles. The van der Waals surface area contributed by atoms with Gasteiger partial charge in [-0.3, -0.25) is 0 Å². The third-order valence-electron chi connectivity index (χ3n) is 2.97. The lowest BCUT2D eigenvalue weighted by molar-refractivity contribution is -0.908. The van der Waals surface area contributed by atoms with Gasteiger partial charge in [0, 0.05) is 6.61 Å². The number of rotatable bonds is 8. The van der Waals surface area contributed by atoms with E-state index < -0.39 is 0 Å². The summed E-state index contributed by atoms with van der Waals surface area (Å²) >= 11 is 0. The van der Waals surface area contributed by atoms with E-state index in [1.165, 1.54) is 37.3 Å². The molecule has 1 aliphatic rings. The highest BCUT2D eigenvalue weighted by Crippen LogP contribution is 1.95. The van der Waals surface area contributed by atoms with E-state index in [1.54, 1.807) is 0 Å². The van der Waals surface area contributed by atoms with Crippen molar-refractivity contribution in [2.45, 2.75) is 32.3 Å². The Balaban J connectivity index is 1.95. The van der Waals surface area contributed by atoms with Gasteiger partial charge >= 0.3 is 0 Å². The third kappa shape index (κ3) is 6.43. The molecule has 2 N–H and O–H groups in total. The van der Waals surface area contributed by atoms with Crippen LogP contribution in [0.15, 0.2) is 0 Å². The smallest absolute Gasteiger partial charge is 0.126 e. The molecule has 0 bridgehead atoms. The molecule has 1 aliphatic heterocycles. The van der Waals surface area contributed by atoms with Crippen LogP contribution >= 0.6 is 0 Å². The van der Waals surface area contributed by atoms with Crippen LogP contribution in [0.4, 0.5) is 0 Å². The molecular formula is C12H26NO3+. The highest BCUT2D eigenvalue weighted by Gasteiger charge is 2.17. The van der Waals surface area contributed by atoms with Crippen molar-refractivity contribution in [3.8, 4) is 0 Å². The number of hydrogen-bond donors (Lipinski definition) is 2. The van der Waals surface area contributed by atoms with Crippen molar-refractivity contribution < 1.29 is 19.5 Å². The van der Waals surface area contributed by atoms with E-state index in [1.807, 2.05) is 6.92 Å². The van der Waals surface area contributed by atoms with Crippen molar-refractivity contribution in [2.24, 2.45) is 0 Å². The van der Waals surface area contributed by atoms with Gasteiger partial charge in [-0.25, -0.2) is 0 Å². The number of aliphatic hydroxyl groups excluding tert-OH is 1. The van der Waals surface area contributed by atoms with Crippen LogP contribution in [0.2, 0.25) is 0 Å². The molecule has 0 unspecified atom stereocenters. The van der Waals surface area contributed by atoms with Gasteiger partial charge in [-0.2, -0.15) is 0 Å². The SMILES string of the molecule is CCOCCOC[C@H](O)C[NH+]1CCCCC1. The molecule has 16 heavy (non-hydrogen) atoms. The van der Waals surface area contributed by atoms with Crippen molar-refractivity contribution in [1.82, 2.24) is 0 Å². The van der Waals surface area contributed by atoms with Crippen LogP contribution in [0.3, 0.4) is 0 Å². The summed E-state index contributed by atoms with van der Waals surface area (Å²) in [5.41, 5.74) is 0. The summed E-state index contributed by atoms with van der Waals surface area (Å²) in [6, 6.07) is 0. The van der Waals surface area contributed by atoms with Crippen molar-refractivity contribution in [2.75, 3.05) is 46.1 Å². The summed E-state index contributed by atoms with van der Waals surface area (Å²) < 4.78 is 10.5. The van der Waals surface area contributed by atoms with Gasteiger partial charge in [0.15, 0.2) is 0 Å². The first-order valence-corrected chi connectivity index (χ1v) is 6.50. The Morgan fingerprint density at radius 1 is 1.12 bits per heavy atom. The van der Waals surface area contributed by atoms with E-state index in [2.05, 4.69) is 0 Å². The summed E-state index contributed by atoms with van der Waals surface area (Å²) in [6.07, 6.45) is 3.63. The van der Waals surface area contributed by atoms with Gasteiger partial charge in [0.25, 0.3) is 0 Å². The van der Waals surface area contributed by atoms with Crippen LogP contribution < -0.4 is 4.90 Å². The van der Waals surface area contributed by atoms with E-state index >= 15 is 0 Å². The van der Waals surface area contributed by atoms with E-state index in [0.29, 0.717) is 19.8 Å². The molecule has 0 aromatic rings. The number of likely N-dealkylation sites (tertiary alicyclic amines) is 1. The number of aliphatic hydroxyl groups is 1. The fraction of sp³-hybridized carbons (Fsp3) is 1.00. The van der Waals surface area contributed by atoms with Gasteiger partial charge in [-0.15, -0.1) is 0 Å². The van der Waals surface area contributed by atoms with Crippen molar-refractivity contribution >= 4 is 0 Å². The summed E-state index contributed by atoms with van der Waals surface area (Å²) in [7, 11) is 0. The third-order valence-corrected chi connectivity index (χ3v) is 2.97. The molecule has 1 rings (SSSR count). The lowest BCUT2D eigenvalue weighted by atomic mass is 10.1. The minimum Gasteiger partial charge on any atom is -0.385 e. The van der Waals surface area contributed by atoms with Crippen LogP contribution in [0, 0.1) is 0 Å². The molecule has 0 aromatic heterocycles. The van der Waals surface area contributed by atoms with Crippen LogP contribution in [0.25, 0.3) is 0 Å². The van der Waals surface area contributed by atoms with Crippen LogP contribution in [0.5, 0.6) is 0 Å². The first-order valence-electron chi connectivity index (χ1n) is 6.50. The van der Waals surface area contributed by atoms with Gasteiger partial charge in [-0.1, -0.05) is 0 Å². The van der Waals surface area contributed by atoms with E-state index in [-0.39, 0.29) is 6.10 Å². The molecule has 0 spiro atoms. The maximum absolute atomic E-state index is 9.77. The van der Waals surface area contributed by atoms with Crippen LogP contribution in [-0.4, -0.2) is 57.3 Å². The highest BCUT2D eigenvalue weighted by molar-refractivity contribution is 4.53. The van der Waals surface area contributed by atoms with Gasteiger partial charge in [0.1, 0.15) is 12.6 Å². The zero-order valence-corrected chi connectivity index (χ0v) is 10.4. The molecule has 4 nitrogen and oxygen atoms in total. The van der Waals surface area contributed by atoms with Gasteiger partial charge in [0.05, 0.1) is 32.9 Å². The standard InChI is InChI=1S/C12H25NO3/c1-2-15-8-9-16-11-12(14)10-13-6-4-3-5-7-13/h12,14H,2-11H2,1H3/p+1/t12-/m1/s1. The second kappa shape index (κ2) is 8.93. The van der Waals surface area contributed by atoms with Crippen LogP contribution in [0.1, 0.15) is 26.2 Å². The van der Waals surface area contributed by atoms with Gasteiger partial charge in [-0.05, 0) is 26.2 Å². The number of nitrogens with one attached hydrogen (secondary N) is 1. The van der Waals surface area contributed by atoms with Crippen LogP contribution in [-0.2, 0) is 9.47 Å². The fourth-order valence-electron chi connectivity index (χ4n) is 2.13. The van der Waals surface area contributed by atoms with Gasteiger partial charge < -0.3 is 19.5 Å². The largest absolute Gasteiger partial charge is 0.385 e. The minimum atomic E-state index is -0.324. The quantitative estimate of drug-likeness (QED) is 0.553. The molecule has 4 heteroatoms. The average Bonchev–Trinajstić information content (AvgIpc) is 2.30. The lowest BCUT2D eigenvalue weighted by Gasteiger charge is -2.25. The number of quaternary nitrogens is 1. The Bertz CT molecular complexity index is 160. The molecular weight excluding hydrogens is 206 g/mol. The molecule has 96 valence electrons. The van der Waals surface area contributed by atoms with E-state index in [4.69, 9.17) is 9.47 Å². The van der Waals surface area contributed by atoms with Crippen molar-refractivity contribution in [1.29, 1.82) is 0 Å². The predicted molar refractivity (Wildman–Crippen MR) is 62.7 cm³/mol. The Hall–Kier alpha value is -0.160. The Morgan fingerprint density at radius 3 is 2.50 bits per heavy atom. The lowest BCUT2D eigenvalue weighted by Crippen LogP contribution is -3.14. The minimum absolute atomic E-state index is 0.324. The molecule has 0 aromatic carbocycles. The Kier molecular flexibility index (Phi) is 7.76. The predicted octanol–water partition coefficient (Wildman–Crippen LogP) is -0.531. The first kappa shape index (κ1) is 13.9. The monoisotopic (exact) mass is 232 g/mol. The first-order chi connectivity index (χ1) is 7.83.